The standard InChI is InChI=1S/C19H14N2O4S2/c20-15-17(22)21-16(19(23)24)13(8-26-18(15)21)27-12-7-3-6-11-14(12)9-4-1-2-5-10(9)25-11/h1-7,15,18H,8,20H2,(H,23,24)/t15-,18+/m1/s1. The molecule has 0 bridgehead atoms. The van der Waals surface area contributed by atoms with Gasteiger partial charge >= 0.3 is 5.97 Å². The molecule has 3 aromatic rings. The Morgan fingerprint density at radius 1 is 1.22 bits per heavy atom. The zero-order valence-corrected chi connectivity index (χ0v) is 15.5. The van der Waals surface area contributed by atoms with Gasteiger partial charge in [0.1, 0.15) is 28.3 Å². The van der Waals surface area contributed by atoms with Crippen molar-refractivity contribution >= 4 is 57.3 Å². The van der Waals surface area contributed by atoms with Crippen molar-refractivity contribution < 1.29 is 19.1 Å². The van der Waals surface area contributed by atoms with Gasteiger partial charge in [-0.25, -0.2) is 4.79 Å². The Kier molecular flexibility index (Phi) is 3.75. The third-order valence-corrected chi connectivity index (χ3v) is 7.40. The molecule has 0 saturated carbocycles. The molecule has 2 aliphatic rings. The van der Waals surface area contributed by atoms with E-state index >= 15 is 0 Å². The number of benzene rings is 2. The Labute approximate surface area is 162 Å². The van der Waals surface area contributed by atoms with Gasteiger partial charge in [0.05, 0.1) is 0 Å². The molecular formula is C19H14N2O4S2. The van der Waals surface area contributed by atoms with Crippen LogP contribution in [0.1, 0.15) is 0 Å². The molecule has 1 aromatic heterocycles. The maximum atomic E-state index is 12.1. The van der Waals surface area contributed by atoms with Crippen LogP contribution in [0.25, 0.3) is 21.9 Å². The van der Waals surface area contributed by atoms with Crippen molar-refractivity contribution in [1.29, 1.82) is 0 Å². The number of nitrogens with zero attached hydrogens (tertiary/aromatic N) is 1. The van der Waals surface area contributed by atoms with Crippen LogP contribution in [0.5, 0.6) is 0 Å². The van der Waals surface area contributed by atoms with Gasteiger partial charge in [-0.2, -0.15) is 0 Å². The lowest BCUT2D eigenvalue weighted by Crippen LogP contribution is -2.68. The zero-order chi connectivity index (χ0) is 18.7. The fraction of sp³-hybridized carbons (Fsp3) is 0.158. The number of hydrogen-bond acceptors (Lipinski definition) is 6. The Hall–Kier alpha value is -2.42. The Balaban J connectivity index is 1.64. The number of nitrogens with two attached hydrogens (primary N) is 1. The van der Waals surface area contributed by atoms with Crippen LogP contribution in [-0.2, 0) is 9.59 Å². The van der Waals surface area contributed by atoms with Gasteiger partial charge in [0.2, 0.25) is 5.91 Å². The van der Waals surface area contributed by atoms with Gasteiger partial charge in [0.15, 0.2) is 0 Å². The van der Waals surface area contributed by atoms with Crippen molar-refractivity contribution in [3.63, 3.8) is 0 Å². The predicted molar refractivity (Wildman–Crippen MR) is 105 cm³/mol. The Morgan fingerprint density at radius 3 is 2.81 bits per heavy atom. The molecule has 27 heavy (non-hydrogen) atoms. The fourth-order valence-electron chi connectivity index (χ4n) is 3.53. The van der Waals surface area contributed by atoms with Crippen molar-refractivity contribution in [1.82, 2.24) is 4.90 Å². The van der Waals surface area contributed by atoms with Crippen LogP contribution in [0.15, 0.2) is 62.4 Å². The lowest BCUT2D eigenvalue weighted by molar-refractivity contribution is -0.147. The minimum Gasteiger partial charge on any atom is -0.477 e. The summed E-state index contributed by atoms with van der Waals surface area (Å²) < 4.78 is 5.91. The molecule has 2 atom stereocenters. The van der Waals surface area contributed by atoms with Crippen LogP contribution in [0.4, 0.5) is 0 Å². The minimum atomic E-state index is -1.10. The highest BCUT2D eigenvalue weighted by atomic mass is 32.2. The quantitative estimate of drug-likeness (QED) is 0.654. The zero-order valence-electron chi connectivity index (χ0n) is 13.9. The van der Waals surface area contributed by atoms with Gasteiger partial charge in [0, 0.05) is 26.3 Å². The van der Waals surface area contributed by atoms with E-state index < -0.39 is 12.0 Å². The smallest absolute Gasteiger partial charge is 0.353 e. The molecule has 2 aliphatic heterocycles. The number of carbonyl (C=O) groups excluding carboxylic acids is 1. The highest BCUT2D eigenvalue weighted by Gasteiger charge is 2.51. The number of carboxylic acid groups (broad SMARTS) is 1. The first kappa shape index (κ1) is 16.7. The normalized spacial score (nSPS) is 22.3. The summed E-state index contributed by atoms with van der Waals surface area (Å²) in [6.07, 6.45) is 0. The van der Waals surface area contributed by atoms with Crippen molar-refractivity contribution in [2.75, 3.05) is 5.75 Å². The van der Waals surface area contributed by atoms with E-state index in [4.69, 9.17) is 10.2 Å². The monoisotopic (exact) mass is 398 g/mol. The lowest BCUT2D eigenvalue weighted by atomic mass is 10.1. The summed E-state index contributed by atoms with van der Waals surface area (Å²) in [7, 11) is 0. The van der Waals surface area contributed by atoms with Gasteiger partial charge in [-0.3, -0.25) is 9.69 Å². The summed E-state index contributed by atoms with van der Waals surface area (Å²) in [6, 6.07) is 12.9. The molecule has 1 saturated heterocycles. The third kappa shape index (κ3) is 2.40. The molecule has 0 radical (unpaired) electrons. The Bertz CT molecular complexity index is 1150. The van der Waals surface area contributed by atoms with E-state index in [2.05, 4.69) is 0 Å². The molecule has 0 spiro atoms. The first-order chi connectivity index (χ1) is 13.1. The molecule has 1 amide bonds. The molecular weight excluding hydrogens is 384 g/mol. The highest BCUT2D eigenvalue weighted by Crippen LogP contribution is 2.46. The van der Waals surface area contributed by atoms with Gasteiger partial charge in [-0.1, -0.05) is 36.0 Å². The van der Waals surface area contributed by atoms with E-state index in [1.54, 1.807) is 0 Å². The van der Waals surface area contributed by atoms with Crippen LogP contribution >= 0.6 is 23.5 Å². The van der Waals surface area contributed by atoms with E-state index in [9.17, 15) is 14.7 Å². The van der Waals surface area contributed by atoms with Gasteiger partial charge in [-0.05, 0) is 18.2 Å². The molecule has 1 fully saturated rings. The second kappa shape index (κ2) is 6.05. The van der Waals surface area contributed by atoms with E-state index in [1.165, 1.54) is 28.4 Å². The number of amides is 1. The van der Waals surface area contributed by atoms with Crippen molar-refractivity contribution in [2.45, 2.75) is 16.3 Å². The average molecular weight is 398 g/mol. The SMILES string of the molecule is N[C@@H]1C(=O)N2C(C(=O)O)=C(Sc3cccc4oc5ccccc5c34)CS[C@@H]12. The van der Waals surface area contributed by atoms with E-state index in [-0.39, 0.29) is 17.0 Å². The minimum absolute atomic E-state index is 0.0419. The van der Waals surface area contributed by atoms with Gasteiger partial charge < -0.3 is 15.3 Å². The largest absolute Gasteiger partial charge is 0.477 e. The molecule has 136 valence electrons. The van der Waals surface area contributed by atoms with E-state index in [1.807, 2.05) is 42.5 Å². The molecule has 8 heteroatoms. The summed E-state index contributed by atoms with van der Waals surface area (Å²) in [4.78, 5) is 26.9. The second-order valence-electron chi connectivity index (χ2n) is 6.34. The maximum Gasteiger partial charge on any atom is 0.353 e. The number of hydrogen-bond donors (Lipinski definition) is 2. The number of aliphatic carboxylic acids is 1. The number of β-lactam (4-membered cyclic amide) rings is 1. The van der Waals surface area contributed by atoms with Crippen LogP contribution in [0.3, 0.4) is 0 Å². The molecule has 0 unspecified atom stereocenters. The number of fused-ring (bicyclic) bond motifs is 4. The summed E-state index contributed by atoms with van der Waals surface area (Å²) in [5.41, 5.74) is 7.39. The maximum absolute atomic E-state index is 12.1. The van der Waals surface area contributed by atoms with Crippen molar-refractivity contribution in [3.8, 4) is 0 Å². The van der Waals surface area contributed by atoms with E-state index in [0.29, 0.717) is 10.7 Å². The second-order valence-corrected chi connectivity index (χ2v) is 8.58. The van der Waals surface area contributed by atoms with Crippen molar-refractivity contribution in [3.05, 3.63) is 53.1 Å². The molecule has 6 nitrogen and oxygen atoms in total. The van der Waals surface area contributed by atoms with Gasteiger partial charge in [-0.15, -0.1) is 11.8 Å². The lowest BCUT2D eigenvalue weighted by Gasteiger charge is -2.47. The third-order valence-electron chi connectivity index (χ3n) is 4.77. The number of para-hydroxylation sites is 1. The average Bonchev–Trinajstić information content (AvgIpc) is 3.06. The summed E-state index contributed by atoms with van der Waals surface area (Å²) in [6.45, 7) is 0. The number of thioether (sulfide) groups is 2. The fourth-order valence-corrected chi connectivity index (χ4v) is 6.11. The Morgan fingerprint density at radius 2 is 2.00 bits per heavy atom. The number of carbonyl (C=O) groups is 2. The van der Waals surface area contributed by atoms with Gasteiger partial charge in [0.25, 0.3) is 0 Å². The number of carboxylic acids is 1. The van der Waals surface area contributed by atoms with Crippen molar-refractivity contribution in [2.24, 2.45) is 5.73 Å². The first-order valence-electron chi connectivity index (χ1n) is 8.31. The summed E-state index contributed by atoms with van der Waals surface area (Å²) in [5, 5.41) is 11.4. The predicted octanol–water partition coefficient (Wildman–Crippen LogP) is 3.22. The number of rotatable bonds is 3. The van der Waals surface area contributed by atoms with Crippen LogP contribution in [0.2, 0.25) is 0 Å². The molecule has 3 heterocycles. The molecule has 0 aliphatic carbocycles. The topological polar surface area (TPSA) is 96.8 Å². The van der Waals surface area contributed by atoms with E-state index in [0.717, 1.165) is 26.8 Å². The number of furan rings is 1. The first-order valence-corrected chi connectivity index (χ1v) is 10.2. The molecule has 3 N–H and O–H groups in total. The summed E-state index contributed by atoms with van der Waals surface area (Å²) >= 11 is 2.88. The highest BCUT2D eigenvalue weighted by molar-refractivity contribution is 8.06. The molecule has 5 rings (SSSR count). The molecule has 2 aromatic carbocycles. The van der Waals surface area contributed by atoms with Crippen LogP contribution in [0, 0.1) is 0 Å². The van der Waals surface area contributed by atoms with Crippen LogP contribution < -0.4 is 5.73 Å². The van der Waals surface area contributed by atoms with Crippen LogP contribution in [-0.4, -0.2) is 39.1 Å². The summed E-state index contributed by atoms with van der Waals surface area (Å²) in [5.74, 6) is -0.942.